The smallest absolute Gasteiger partial charge is 0.418 e. The van der Waals surface area contributed by atoms with Gasteiger partial charge < -0.3 is 9.47 Å². The zero-order chi connectivity index (χ0) is 28.4. The van der Waals surface area contributed by atoms with Crippen molar-refractivity contribution in [3.63, 3.8) is 0 Å². The lowest BCUT2D eigenvalue weighted by atomic mass is 10.0. The van der Waals surface area contributed by atoms with Crippen LogP contribution in [0.1, 0.15) is 34.6 Å². The lowest BCUT2D eigenvalue weighted by molar-refractivity contribution is -0.129. The number of carbonyl (C=O) groups is 3. The van der Waals surface area contributed by atoms with Crippen LogP contribution in [-0.4, -0.2) is 46.7 Å². The third-order valence-electron chi connectivity index (χ3n) is 6.59. The molecule has 0 N–H and O–H groups in total. The summed E-state index contributed by atoms with van der Waals surface area (Å²) in [6.45, 7) is 5.81. The van der Waals surface area contributed by atoms with Crippen LogP contribution in [0.25, 0.3) is 0 Å². The van der Waals surface area contributed by atoms with Crippen LogP contribution < -0.4 is 15.9 Å². The lowest BCUT2D eigenvalue weighted by Crippen LogP contribution is -2.49. The summed E-state index contributed by atoms with van der Waals surface area (Å²) in [4.78, 5) is 42.3. The van der Waals surface area contributed by atoms with Gasteiger partial charge in [0.25, 0.3) is 5.91 Å². The number of rotatable bonds is 6. The van der Waals surface area contributed by atoms with Crippen molar-refractivity contribution in [2.75, 3.05) is 7.11 Å². The van der Waals surface area contributed by atoms with Crippen molar-refractivity contribution in [2.45, 2.75) is 45.8 Å². The number of methoxy groups -OCH3 is 1. The van der Waals surface area contributed by atoms with Crippen molar-refractivity contribution in [1.82, 2.24) is 4.90 Å². The van der Waals surface area contributed by atoms with Crippen molar-refractivity contribution in [3.8, 4) is 0 Å². The average molecular weight is 544 g/mol. The average Bonchev–Trinajstić information content (AvgIpc) is 3.11. The van der Waals surface area contributed by atoms with Gasteiger partial charge in [-0.1, -0.05) is 91.0 Å². The lowest BCUT2D eigenvalue weighted by Gasteiger charge is -2.33. The molecule has 3 aromatic carbocycles. The van der Waals surface area contributed by atoms with Crippen molar-refractivity contribution < 1.29 is 23.9 Å². The number of carbonyl (C=O) groups excluding carboxylic acids is 3. The van der Waals surface area contributed by atoms with E-state index in [2.05, 4.69) is 0 Å². The quantitative estimate of drug-likeness (QED) is 0.330. The topological polar surface area (TPSA) is 72.9 Å². The maximum atomic E-state index is 14.3. The standard InChI is InChI=1S/C32H34NO5P/c1-31(2,3)38-30(36)33-29(35)27(28(37-6)32(33,4)5)26(34)22-39(23-16-10-7-11-17-23,24-18-12-8-13-19-24)25-20-14-9-15-21-25/h7-22H,1-6H3. The first-order chi connectivity index (χ1) is 18.4. The number of amides is 2. The molecule has 6 nitrogen and oxygen atoms in total. The molecular formula is C32H34NO5P. The number of ketones is 1. The summed E-state index contributed by atoms with van der Waals surface area (Å²) in [6, 6.07) is 29.5. The third kappa shape index (κ3) is 5.22. The molecule has 2 amide bonds. The van der Waals surface area contributed by atoms with Gasteiger partial charge in [-0.05, 0) is 63.2 Å². The molecule has 0 spiro atoms. The molecule has 1 aliphatic heterocycles. The van der Waals surface area contributed by atoms with E-state index in [4.69, 9.17) is 9.47 Å². The van der Waals surface area contributed by atoms with Crippen LogP contribution >= 0.6 is 6.89 Å². The highest BCUT2D eigenvalue weighted by Crippen LogP contribution is 2.45. The second-order valence-electron chi connectivity index (χ2n) is 10.8. The van der Waals surface area contributed by atoms with E-state index in [0.29, 0.717) is 0 Å². The van der Waals surface area contributed by atoms with Gasteiger partial charge in [0, 0.05) is 0 Å². The first-order valence-corrected chi connectivity index (χ1v) is 14.6. The number of nitrogens with zero attached hydrogens (tertiary/aromatic N) is 1. The molecule has 7 heteroatoms. The number of hydrogen-bond donors (Lipinski definition) is 0. The van der Waals surface area contributed by atoms with Crippen LogP contribution in [0.2, 0.25) is 0 Å². The highest BCUT2D eigenvalue weighted by molar-refractivity contribution is 7.95. The molecule has 0 unspecified atom stereocenters. The van der Waals surface area contributed by atoms with Gasteiger partial charge in [0.05, 0.1) is 7.11 Å². The van der Waals surface area contributed by atoms with Gasteiger partial charge in [-0.3, -0.25) is 9.59 Å². The van der Waals surface area contributed by atoms with E-state index in [1.54, 1.807) is 40.4 Å². The first kappa shape index (κ1) is 28.1. The first-order valence-electron chi connectivity index (χ1n) is 12.8. The van der Waals surface area contributed by atoms with Crippen LogP contribution in [0.5, 0.6) is 0 Å². The number of Topliss-reactive ketones (excluding diaryl/α,β-unsaturated/α-hetero) is 1. The minimum Gasteiger partial charge on any atom is -0.498 e. The zero-order valence-electron chi connectivity index (χ0n) is 23.2. The molecule has 4 rings (SSSR count). The van der Waals surface area contributed by atoms with Gasteiger partial charge in [-0.2, -0.15) is 0 Å². The highest BCUT2D eigenvalue weighted by atomic mass is 31.2. The molecule has 39 heavy (non-hydrogen) atoms. The monoisotopic (exact) mass is 543 g/mol. The van der Waals surface area contributed by atoms with Crippen LogP contribution in [-0.2, 0) is 19.1 Å². The molecule has 0 saturated carbocycles. The Bertz CT molecular complexity index is 1370. The molecule has 0 fully saturated rings. The number of imide groups is 1. The normalized spacial score (nSPS) is 15.2. The summed E-state index contributed by atoms with van der Waals surface area (Å²) in [6.07, 6.45) is -0.829. The second-order valence-corrected chi connectivity index (χ2v) is 14.1. The minimum atomic E-state index is -2.70. The molecule has 0 aliphatic carbocycles. The number of benzene rings is 3. The Kier molecular flexibility index (Phi) is 7.72. The Labute approximate surface area is 230 Å². The Morgan fingerprint density at radius 2 is 1.21 bits per heavy atom. The fourth-order valence-corrected chi connectivity index (χ4v) is 8.71. The highest BCUT2D eigenvalue weighted by Gasteiger charge is 2.53. The van der Waals surface area contributed by atoms with E-state index < -0.39 is 35.8 Å². The number of ether oxygens (including phenoxy) is 2. The van der Waals surface area contributed by atoms with E-state index in [1.807, 2.05) is 91.0 Å². The zero-order valence-corrected chi connectivity index (χ0v) is 24.1. The van der Waals surface area contributed by atoms with Gasteiger partial charge >= 0.3 is 6.09 Å². The molecule has 0 bridgehead atoms. The molecule has 0 aromatic heterocycles. The second kappa shape index (κ2) is 10.7. The van der Waals surface area contributed by atoms with E-state index >= 15 is 0 Å². The van der Waals surface area contributed by atoms with E-state index in [-0.39, 0.29) is 11.3 Å². The van der Waals surface area contributed by atoms with Gasteiger partial charge in [-0.25, -0.2) is 9.69 Å². The predicted molar refractivity (Wildman–Crippen MR) is 157 cm³/mol. The molecule has 0 saturated heterocycles. The van der Waals surface area contributed by atoms with Crippen LogP contribution in [0.3, 0.4) is 0 Å². The summed E-state index contributed by atoms with van der Waals surface area (Å²) in [7, 11) is 1.41. The molecule has 0 atom stereocenters. The van der Waals surface area contributed by atoms with E-state index in [0.717, 1.165) is 20.8 Å². The van der Waals surface area contributed by atoms with Crippen molar-refractivity contribution in [3.05, 3.63) is 102 Å². The van der Waals surface area contributed by atoms with Crippen LogP contribution in [0, 0.1) is 0 Å². The third-order valence-corrected chi connectivity index (χ3v) is 10.5. The van der Waals surface area contributed by atoms with Gasteiger partial charge in [-0.15, -0.1) is 0 Å². The van der Waals surface area contributed by atoms with Crippen molar-refractivity contribution in [2.24, 2.45) is 0 Å². The Morgan fingerprint density at radius 3 is 1.56 bits per heavy atom. The van der Waals surface area contributed by atoms with Gasteiger partial charge in [0.15, 0.2) is 5.78 Å². The summed E-state index contributed by atoms with van der Waals surface area (Å²) in [5.41, 5.74) is -2.21. The van der Waals surface area contributed by atoms with Crippen LogP contribution in [0.4, 0.5) is 4.79 Å². The molecule has 202 valence electrons. The Balaban J connectivity index is 1.99. The molecule has 3 aromatic rings. The Hall–Kier alpha value is -3.89. The molecule has 0 radical (unpaired) electrons. The van der Waals surface area contributed by atoms with Crippen molar-refractivity contribution >= 4 is 46.4 Å². The maximum absolute atomic E-state index is 14.3. The summed E-state index contributed by atoms with van der Waals surface area (Å²) >= 11 is 0. The molecule has 1 aliphatic rings. The summed E-state index contributed by atoms with van der Waals surface area (Å²) in [5, 5.41) is 2.89. The maximum Gasteiger partial charge on any atom is 0.418 e. The van der Waals surface area contributed by atoms with E-state index in [9.17, 15) is 14.4 Å². The summed E-state index contributed by atoms with van der Waals surface area (Å²) < 4.78 is 11.2. The molecule has 1 heterocycles. The van der Waals surface area contributed by atoms with Gasteiger partial charge in [0.2, 0.25) is 0 Å². The fraction of sp³-hybridized carbons (Fsp3) is 0.250. The van der Waals surface area contributed by atoms with E-state index in [1.165, 1.54) is 7.11 Å². The summed E-state index contributed by atoms with van der Waals surface area (Å²) in [5.74, 6) is 0.570. The van der Waals surface area contributed by atoms with Crippen molar-refractivity contribution in [1.29, 1.82) is 0 Å². The Morgan fingerprint density at radius 1 is 0.795 bits per heavy atom. The SMILES string of the molecule is COC1=C(C(=O)C=P(c2ccccc2)(c2ccccc2)c2ccccc2)C(=O)N(C(=O)OC(C)(C)C)C1(C)C. The van der Waals surface area contributed by atoms with Gasteiger partial charge in [0.1, 0.15) is 22.5 Å². The largest absolute Gasteiger partial charge is 0.498 e. The minimum absolute atomic E-state index is 0.131. The predicted octanol–water partition coefficient (Wildman–Crippen LogP) is 4.81. The molecular weight excluding hydrogens is 509 g/mol. The van der Waals surface area contributed by atoms with Crippen LogP contribution in [0.15, 0.2) is 102 Å². The number of hydrogen-bond acceptors (Lipinski definition) is 5. The fourth-order valence-electron chi connectivity index (χ4n) is 4.96.